The van der Waals surface area contributed by atoms with E-state index in [1.165, 1.54) is 116 Å². The summed E-state index contributed by atoms with van der Waals surface area (Å²) in [5.41, 5.74) is 5.34. The van der Waals surface area contributed by atoms with Crippen molar-refractivity contribution >= 4 is 13.7 Å². The van der Waals surface area contributed by atoms with Crippen LogP contribution in [0.1, 0.15) is 174 Å². The number of hydrogen-bond donors (Lipinski definition) is 5. The molecule has 6 N–H and O–H groups in total. The molecule has 0 aromatic rings. The Morgan fingerprint density at radius 3 is 1.68 bits per heavy atom. The molecule has 0 bridgehead atoms. The zero-order valence-electron chi connectivity index (χ0n) is 32.0. The van der Waals surface area contributed by atoms with E-state index in [2.05, 4.69) is 31.3 Å². The second-order valence-electron chi connectivity index (χ2n) is 13.7. The van der Waals surface area contributed by atoms with Crippen LogP contribution in [0.15, 0.2) is 36.5 Å². The van der Waals surface area contributed by atoms with Crippen LogP contribution in [0, 0.1) is 0 Å². The largest absolute Gasteiger partial charge is 0.472 e. The van der Waals surface area contributed by atoms with Crippen molar-refractivity contribution in [3.05, 3.63) is 36.5 Å². The molecule has 50 heavy (non-hydrogen) atoms. The van der Waals surface area contributed by atoms with Crippen LogP contribution in [0.4, 0.5) is 0 Å². The number of nitrogens with one attached hydrogen (secondary N) is 1. The van der Waals surface area contributed by atoms with Gasteiger partial charge in [0.25, 0.3) is 0 Å². The Morgan fingerprint density at radius 2 is 1.14 bits per heavy atom. The summed E-state index contributed by atoms with van der Waals surface area (Å²) < 4.78 is 21.9. The van der Waals surface area contributed by atoms with Gasteiger partial charge in [-0.25, -0.2) is 4.57 Å². The van der Waals surface area contributed by atoms with Gasteiger partial charge in [0, 0.05) is 6.54 Å². The summed E-state index contributed by atoms with van der Waals surface area (Å²) in [6.07, 6.45) is 38.5. The van der Waals surface area contributed by atoms with Crippen LogP contribution in [-0.4, -0.2) is 59.0 Å². The molecular formula is C40H77N2O7P. The summed E-state index contributed by atoms with van der Waals surface area (Å²) in [5, 5.41) is 23.7. The molecule has 0 radical (unpaired) electrons. The van der Waals surface area contributed by atoms with E-state index >= 15 is 0 Å². The van der Waals surface area contributed by atoms with E-state index in [-0.39, 0.29) is 19.6 Å². The third-order valence-electron chi connectivity index (χ3n) is 8.74. The van der Waals surface area contributed by atoms with Crippen molar-refractivity contribution in [3.8, 4) is 0 Å². The predicted octanol–water partition coefficient (Wildman–Crippen LogP) is 9.75. The SMILES string of the molecule is CCCCCC/C=C\CC(O)CC(=O)NC(COP(=O)(O)OCCN)C(O)/C=C/CC/C=C/CCCCCCCCCCCCCCCCC. The van der Waals surface area contributed by atoms with Crippen LogP contribution in [0.25, 0.3) is 0 Å². The average Bonchev–Trinajstić information content (AvgIpc) is 3.09. The molecule has 0 aliphatic carbocycles. The van der Waals surface area contributed by atoms with Crippen molar-refractivity contribution < 1.29 is 33.5 Å². The van der Waals surface area contributed by atoms with Gasteiger partial charge in [-0.2, -0.15) is 0 Å². The molecule has 4 atom stereocenters. The Kier molecular flexibility index (Phi) is 35.1. The van der Waals surface area contributed by atoms with Gasteiger partial charge in [-0.3, -0.25) is 13.8 Å². The molecule has 9 nitrogen and oxygen atoms in total. The number of aliphatic hydroxyl groups is 2. The molecule has 0 aromatic carbocycles. The van der Waals surface area contributed by atoms with E-state index in [0.29, 0.717) is 12.8 Å². The van der Waals surface area contributed by atoms with Gasteiger partial charge in [-0.15, -0.1) is 0 Å². The number of aliphatic hydroxyl groups excluding tert-OH is 2. The number of allylic oxidation sites excluding steroid dienone is 4. The first kappa shape index (κ1) is 48.7. The van der Waals surface area contributed by atoms with Crippen molar-refractivity contribution in [1.29, 1.82) is 0 Å². The monoisotopic (exact) mass is 729 g/mol. The van der Waals surface area contributed by atoms with Crippen molar-refractivity contribution in [2.24, 2.45) is 5.73 Å². The minimum Gasteiger partial charge on any atom is -0.392 e. The molecule has 0 aliphatic rings. The van der Waals surface area contributed by atoms with Crippen molar-refractivity contribution in [1.82, 2.24) is 5.32 Å². The minimum absolute atomic E-state index is 0.0401. The highest BCUT2D eigenvalue weighted by molar-refractivity contribution is 7.47. The summed E-state index contributed by atoms with van der Waals surface area (Å²) >= 11 is 0. The van der Waals surface area contributed by atoms with E-state index < -0.39 is 38.6 Å². The van der Waals surface area contributed by atoms with Gasteiger partial charge in [-0.05, 0) is 44.9 Å². The molecule has 0 aromatic heterocycles. The maximum Gasteiger partial charge on any atom is 0.472 e. The van der Waals surface area contributed by atoms with Crippen LogP contribution in [0.5, 0.6) is 0 Å². The zero-order valence-corrected chi connectivity index (χ0v) is 32.9. The van der Waals surface area contributed by atoms with Crippen molar-refractivity contribution in [2.75, 3.05) is 19.8 Å². The van der Waals surface area contributed by atoms with Crippen LogP contribution < -0.4 is 11.1 Å². The van der Waals surface area contributed by atoms with E-state index in [1.54, 1.807) is 6.08 Å². The topological polar surface area (TPSA) is 151 Å². The molecule has 4 unspecified atom stereocenters. The molecule has 294 valence electrons. The molecule has 0 fully saturated rings. The van der Waals surface area contributed by atoms with Crippen LogP contribution in [0.3, 0.4) is 0 Å². The number of nitrogens with two attached hydrogens (primary N) is 1. The van der Waals surface area contributed by atoms with Gasteiger partial charge in [0.1, 0.15) is 0 Å². The lowest BCUT2D eigenvalue weighted by Crippen LogP contribution is -2.46. The van der Waals surface area contributed by atoms with Gasteiger partial charge in [-0.1, -0.05) is 159 Å². The number of carbonyl (C=O) groups excluding carboxylic acids is 1. The van der Waals surface area contributed by atoms with Gasteiger partial charge < -0.3 is 26.2 Å². The highest BCUT2D eigenvalue weighted by Crippen LogP contribution is 2.43. The molecule has 0 heterocycles. The van der Waals surface area contributed by atoms with Crippen molar-refractivity contribution in [3.63, 3.8) is 0 Å². The molecule has 0 saturated carbocycles. The first-order valence-corrected chi connectivity index (χ1v) is 21.7. The fourth-order valence-corrected chi connectivity index (χ4v) is 6.42. The standard InChI is InChI=1S/C40H77N2O7P/c1-3-5-7-9-11-12-13-14-15-16-17-18-19-20-21-22-23-24-26-28-30-32-39(44)38(36-49-50(46,47)48-34-33-41)42-40(45)35-37(43)31-29-27-25-10-8-6-4-2/h23-24,27,29-30,32,37-39,43-44H,3-22,25-26,28,31,33-36,41H2,1-2H3,(H,42,45)(H,46,47)/b24-23+,29-27-,32-30+. The molecule has 0 saturated heterocycles. The van der Waals surface area contributed by atoms with Gasteiger partial charge >= 0.3 is 7.82 Å². The third-order valence-corrected chi connectivity index (χ3v) is 9.73. The lowest BCUT2D eigenvalue weighted by Gasteiger charge is -2.23. The second kappa shape index (κ2) is 36.1. The second-order valence-corrected chi connectivity index (χ2v) is 15.1. The third kappa shape index (κ3) is 33.8. The summed E-state index contributed by atoms with van der Waals surface area (Å²) in [6, 6.07) is -1.01. The van der Waals surface area contributed by atoms with Crippen molar-refractivity contribution in [2.45, 2.75) is 193 Å². The van der Waals surface area contributed by atoms with E-state index in [1.807, 2.05) is 18.2 Å². The lowest BCUT2D eigenvalue weighted by atomic mass is 10.0. The fourth-order valence-electron chi connectivity index (χ4n) is 5.66. The maximum absolute atomic E-state index is 12.7. The Bertz CT molecular complexity index is 899. The van der Waals surface area contributed by atoms with Crippen LogP contribution in [-0.2, 0) is 18.4 Å². The first-order chi connectivity index (χ1) is 24.3. The van der Waals surface area contributed by atoms with Crippen LogP contribution in [0.2, 0.25) is 0 Å². The molecule has 0 spiro atoms. The number of rotatable bonds is 37. The first-order valence-electron chi connectivity index (χ1n) is 20.2. The Balaban J connectivity index is 4.35. The predicted molar refractivity (Wildman–Crippen MR) is 209 cm³/mol. The number of amides is 1. The lowest BCUT2D eigenvalue weighted by molar-refractivity contribution is -0.124. The Morgan fingerprint density at radius 1 is 0.680 bits per heavy atom. The smallest absolute Gasteiger partial charge is 0.392 e. The highest BCUT2D eigenvalue weighted by Gasteiger charge is 2.27. The van der Waals surface area contributed by atoms with E-state index in [4.69, 9.17) is 14.8 Å². The number of carbonyl (C=O) groups is 1. The maximum atomic E-state index is 12.7. The summed E-state index contributed by atoms with van der Waals surface area (Å²) in [7, 11) is -4.41. The highest BCUT2D eigenvalue weighted by atomic mass is 31.2. The zero-order chi connectivity index (χ0) is 37.0. The Labute approximate surface area is 306 Å². The number of hydrogen-bond acceptors (Lipinski definition) is 7. The van der Waals surface area contributed by atoms with Gasteiger partial charge in [0.05, 0.1) is 37.9 Å². The fraction of sp³-hybridized carbons (Fsp3) is 0.825. The quantitative estimate of drug-likeness (QED) is 0.0241. The molecule has 0 aliphatic heterocycles. The Hall–Kier alpha value is -1.32. The van der Waals surface area contributed by atoms with E-state index in [0.717, 1.165) is 25.7 Å². The number of phosphoric acid groups is 1. The van der Waals surface area contributed by atoms with Gasteiger partial charge in [0.2, 0.25) is 5.91 Å². The summed E-state index contributed by atoms with van der Waals surface area (Å²) in [5.74, 6) is -0.493. The minimum atomic E-state index is -4.41. The molecular weight excluding hydrogens is 651 g/mol. The molecule has 0 rings (SSSR count). The molecule has 10 heteroatoms. The summed E-state index contributed by atoms with van der Waals surface area (Å²) in [4.78, 5) is 22.6. The number of unbranched alkanes of at least 4 members (excludes halogenated alkanes) is 20. The summed E-state index contributed by atoms with van der Waals surface area (Å²) in [6.45, 7) is 3.86. The van der Waals surface area contributed by atoms with Gasteiger partial charge in [0.15, 0.2) is 0 Å². The number of phosphoric ester groups is 1. The van der Waals surface area contributed by atoms with E-state index in [9.17, 15) is 24.5 Å². The molecule has 1 amide bonds. The average molecular weight is 729 g/mol. The normalized spacial score (nSPS) is 15.2. The van der Waals surface area contributed by atoms with Crippen LogP contribution >= 0.6 is 7.82 Å².